The minimum Gasteiger partial charge on any atom is -0.441 e. The highest BCUT2D eigenvalue weighted by Crippen LogP contribution is 2.27. The zero-order chi connectivity index (χ0) is 17.9. The second-order valence-electron chi connectivity index (χ2n) is 5.07. The summed E-state index contributed by atoms with van der Waals surface area (Å²) in [5, 5.41) is 37.9. The number of benzene rings is 1. The number of halogens is 3. The topological polar surface area (TPSA) is 112 Å². The van der Waals surface area contributed by atoms with Crippen LogP contribution in [0, 0.1) is 0 Å². The Kier molecular flexibility index (Phi) is 5.78. The highest BCUT2D eigenvalue weighted by Gasteiger charge is 2.48. The Morgan fingerprint density at radius 2 is 1.71 bits per heavy atom. The molecule has 0 bridgehead atoms. The molecule has 0 spiro atoms. The number of nitrogens with zero attached hydrogens (tertiary/aromatic N) is 1. The van der Waals surface area contributed by atoms with Gasteiger partial charge in [0.05, 0.1) is 12.3 Å². The molecule has 1 aromatic rings. The Balaban J connectivity index is 2.25. The van der Waals surface area contributed by atoms with Gasteiger partial charge in [0.25, 0.3) is 5.90 Å². The fourth-order valence-electron chi connectivity index (χ4n) is 2.05. The molecule has 2 rings (SSSR count). The lowest BCUT2D eigenvalue weighted by molar-refractivity contribution is -0.285. The van der Waals surface area contributed by atoms with Crippen LogP contribution in [0.5, 0.6) is 0 Å². The van der Waals surface area contributed by atoms with Crippen LogP contribution < -0.4 is 0 Å². The molecule has 0 aliphatic carbocycles. The number of aliphatic hydroxyl groups excluding tert-OH is 4. The highest BCUT2D eigenvalue weighted by molar-refractivity contribution is 5.84. The number of para-hydroxylation sites is 1. The van der Waals surface area contributed by atoms with Gasteiger partial charge in [-0.3, -0.25) is 0 Å². The average Bonchev–Trinajstić information content (AvgIpc) is 2.54. The van der Waals surface area contributed by atoms with Gasteiger partial charge >= 0.3 is 6.18 Å². The van der Waals surface area contributed by atoms with Crippen LogP contribution in [-0.2, 0) is 9.47 Å². The molecule has 1 saturated heterocycles. The lowest BCUT2D eigenvalue weighted by Gasteiger charge is -2.39. The molecule has 7 nitrogen and oxygen atoms in total. The smallest absolute Gasteiger partial charge is 0.441 e. The van der Waals surface area contributed by atoms with Crippen molar-refractivity contribution < 1.29 is 43.1 Å². The third-order valence-corrected chi connectivity index (χ3v) is 3.31. The van der Waals surface area contributed by atoms with Crippen LogP contribution in [0.25, 0.3) is 0 Å². The van der Waals surface area contributed by atoms with Gasteiger partial charge < -0.3 is 29.9 Å². The predicted octanol–water partition coefficient (Wildman–Crippen LogP) is 0.0954. The van der Waals surface area contributed by atoms with Gasteiger partial charge in [0.15, 0.2) is 0 Å². The molecule has 0 radical (unpaired) electrons. The van der Waals surface area contributed by atoms with Crippen molar-refractivity contribution in [3.63, 3.8) is 0 Å². The normalized spacial score (nSPS) is 31.8. The van der Waals surface area contributed by atoms with Crippen LogP contribution in [-0.4, -0.2) is 69.8 Å². The van der Waals surface area contributed by atoms with E-state index < -0.39 is 49.4 Å². The molecular formula is C14H16F3NO6. The van der Waals surface area contributed by atoms with Crippen molar-refractivity contribution in [1.82, 2.24) is 0 Å². The first kappa shape index (κ1) is 18.6. The Morgan fingerprint density at radius 1 is 1.08 bits per heavy atom. The molecule has 1 unspecified atom stereocenters. The van der Waals surface area contributed by atoms with Crippen LogP contribution in [0.1, 0.15) is 0 Å². The maximum Gasteiger partial charge on any atom is 0.468 e. The predicted molar refractivity (Wildman–Crippen MR) is 74.4 cm³/mol. The molecule has 24 heavy (non-hydrogen) atoms. The van der Waals surface area contributed by atoms with E-state index in [1.54, 1.807) is 6.07 Å². The van der Waals surface area contributed by atoms with Crippen molar-refractivity contribution in [2.45, 2.75) is 36.9 Å². The first-order valence-electron chi connectivity index (χ1n) is 6.92. The number of rotatable bonds is 3. The third-order valence-electron chi connectivity index (χ3n) is 3.31. The van der Waals surface area contributed by atoms with Crippen LogP contribution in [0.15, 0.2) is 35.3 Å². The van der Waals surface area contributed by atoms with Gasteiger partial charge in [0.2, 0.25) is 6.29 Å². The van der Waals surface area contributed by atoms with Crippen LogP contribution >= 0.6 is 0 Å². The van der Waals surface area contributed by atoms with Crippen LogP contribution in [0.4, 0.5) is 18.9 Å². The molecule has 1 heterocycles. The van der Waals surface area contributed by atoms with E-state index in [1.165, 1.54) is 24.3 Å². The van der Waals surface area contributed by atoms with Gasteiger partial charge in [0.1, 0.15) is 24.4 Å². The van der Waals surface area contributed by atoms with Crippen molar-refractivity contribution in [1.29, 1.82) is 0 Å². The summed E-state index contributed by atoms with van der Waals surface area (Å²) in [4.78, 5) is 3.33. The van der Waals surface area contributed by atoms with E-state index in [1.807, 2.05) is 0 Å². The van der Waals surface area contributed by atoms with Gasteiger partial charge in [-0.1, -0.05) is 18.2 Å². The molecule has 0 aromatic heterocycles. The summed E-state index contributed by atoms with van der Waals surface area (Å²) < 4.78 is 48.7. The maximum atomic E-state index is 13.1. The Labute approximate surface area is 134 Å². The summed E-state index contributed by atoms with van der Waals surface area (Å²) in [5.41, 5.74) is -0.0468. The van der Waals surface area contributed by atoms with Crippen molar-refractivity contribution >= 4 is 11.6 Å². The van der Waals surface area contributed by atoms with Gasteiger partial charge in [-0.15, -0.1) is 0 Å². The summed E-state index contributed by atoms with van der Waals surface area (Å²) in [5.74, 6) is -1.70. The summed E-state index contributed by atoms with van der Waals surface area (Å²) in [6.45, 7) is -0.790. The summed E-state index contributed by atoms with van der Waals surface area (Å²) in [6, 6.07) is 7.15. The van der Waals surface area contributed by atoms with Crippen molar-refractivity contribution in [3.8, 4) is 0 Å². The molecule has 4 N–H and O–H groups in total. The number of hydrogen-bond acceptors (Lipinski definition) is 7. The zero-order valence-corrected chi connectivity index (χ0v) is 12.2. The Bertz CT molecular complexity index is 565. The van der Waals surface area contributed by atoms with Crippen molar-refractivity contribution in [2.75, 3.05) is 6.61 Å². The van der Waals surface area contributed by atoms with Gasteiger partial charge in [-0.05, 0) is 12.1 Å². The van der Waals surface area contributed by atoms with Crippen molar-refractivity contribution in [3.05, 3.63) is 30.3 Å². The standard InChI is InChI=1S/C14H16F3NO6/c15-14(16,17)13(18-7-4-2-1-3-5-7)24-12-11(22)10(21)9(20)8(6-19)23-12/h1-5,8-12,19-22H,6H2/t8-,9+,10+,11-,12?/m1/s1. The molecule has 10 heteroatoms. The minimum atomic E-state index is -4.99. The molecule has 0 saturated carbocycles. The largest absolute Gasteiger partial charge is 0.468 e. The Morgan fingerprint density at radius 3 is 2.25 bits per heavy atom. The number of aliphatic hydroxyl groups is 4. The first-order chi connectivity index (χ1) is 11.2. The van der Waals surface area contributed by atoms with Crippen molar-refractivity contribution in [2.24, 2.45) is 4.99 Å². The fraction of sp³-hybridized carbons (Fsp3) is 0.500. The van der Waals surface area contributed by atoms with Gasteiger partial charge in [0, 0.05) is 0 Å². The third kappa shape index (κ3) is 4.22. The van der Waals surface area contributed by atoms with E-state index in [0.29, 0.717) is 0 Å². The molecule has 1 fully saturated rings. The lowest BCUT2D eigenvalue weighted by Crippen LogP contribution is -2.59. The van der Waals surface area contributed by atoms with Crippen LogP contribution in [0.2, 0.25) is 0 Å². The molecule has 134 valence electrons. The van der Waals surface area contributed by atoms with E-state index in [4.69, 9.17) is 9.84 Å². The number of alkyl halides is 3. The number of hydrogen-bond donors (Lipinski definition) is 4. The van der Waals surface area contributed by atoms with Gasteiger partial charge in [-0.25, -0.2) is 4.99 Å². The average molecular weight is 351 g/mol. The summed E-state index contributed by atoms with van der Waals surface area (Å²) >= 11 is 0. The Hall–Kier alpha value is -1.72. The second-order valence-corrected chi connectivity index (χ2v) is 5.07. The van der Waals surface area contributed by atoms with E-state index in [0.717, 1.165) is 0 Å². The fourth-order valence-corrected chi connectivity index (χ4v) is 2.05. The first-order valence-corrected chi connectivity index (χ1v) is 6.92. The number of aliphatic imine (C=N–C) groups is 1. The van der Waals surface area contributed by atoms with E-state index in [-0.39, 0.29) is 5.69 Å². The zero-order valence-electron chi connectivity index (χ0n) is 12.2. The van der Waals surface area contributed by atoms with E-state index in [9.17, 15) is 28.5 Å². The lowest BCUT2D eigenvalue weighted by atomic mass is 9.99. The monoisotopic (exact) mass is 351 g/mol. The van der Waals surface area contributed by atoms with E-state index >= 15 is 0 Å². The number of ether oxygens (including phenoxy) is 2. The minimum absolute atomic E-state index is 0.0468. The second kappa shape index (κ2) is 7.45. The van der Waals surface area contributed by atoms with E-state index in [2.05, 4.69) is 9.73 Å². The molecule has 5 atom stereocenters. The quantitative estimate of drug-likeness (QED) is 0.454. The molecule has 1 aliphatic rings. The summed E-state index contributed by atoms with van der Waals surface area (Å²) in [6.07, 6.45) is -13.9. The SMILES string of the molecule is OC[C@H]1OC(OC(=Nc2ccccc2)C(F)(F)F)[C@H](O)[C@@H](O)[C@H]1O. The molecule has 0 amide bonds. The highest BCUT2D eigenvalue weighted by atomic mass is 19.4. The summed E-state index contributed by atoms with van der Waals surface area (Å²) in [7, 11) is 0. The molecular weight excluding hydrogens is 335 g/mol. The van der Waals surface area contributed by atoms with Crippen LogP contribution in [0.3, 0.4) is 0 Å². The van der Waals surface area contributed by atoms with Gasteiger partial charge in [-0.2, -0.15) is 13.2 Å². The molecule has 1 aromatic carbocycles. The maximum absolute atomic E-state index is 13.1. The molecule has 1 aliphatic heterocycles.